The highest BCUT2D eigenvalue weighted by Crippen LogP contribution is 2.20. The number of anilines is 2. The second-order valence-corrected chi connectivity index (χ2v) is 5.57. The molecule has 0 atom stereocenters. The molecule has 0 spiro atoms. The van der Waals surface area contributed by atoms with E-state index >= 15 is 0 Å². The lowest BCUT2D eigenvalue weighted by Crippen LogP contribution is -2.37. The Morgan fingerprint density at radius 2 is 2.00 bits per heavy atom. The number of halogens is 2. The maximum absolute atomic E-state index is 13.8. The maximum Gasteiger partial charge on any atom is 0.330 e. The van der Waals surface area contributed by atoms with Gasteiger partial charge >= 0.3 is 5.69 Å². The molecule has 1 aromatic carbocycles. The van der Waals surface area contributed by atoms with E-state index in [0.717, 1.165) is 18.9 Å². The third-order valence-corrected chi connectivity index (χ3v) is 3.77. The fraction of sp³-hybridized carbons (Fsp3) is 0.375. The fourth-order valence-electron chi connectivity index (χ4n) is 2.49. The van der Waals surface area contributed by atoms with Gasteiger partial charge in [0.15, 0.2) is 11.6 Å². The van der Waals surface area contributed by atoms with Crippen LogP contribution >= 0.6 is 0 Å². The highest BCUT2D eigenvalue weighted by atomic mass is 19.2. The summed E-state index contributed by atoms with van der Waals surface area (Å²) in [6.07, 6.45) is 1.57. The van der Waals surface area contributed by atoms with Crippen LogP contribution in [0.2, 0.25) is 0 Å². The number of hydrogen-bond acceptors (Lipinski definition) is 4. The largest absolute Gasteiger partial charge is 0.383 e. The van der Waals surface area contributed by atoms with Gasteiger partial charge in [-0.1, -0.05) is 25.5 Å². The van der Waals surface area contributed by atoms with Gasteiger partial charge in [0.1, 0.15) is 11.5 Å². The molecule has 3 N–H and O–H groups in total. The van der Waals surface area contributed by atoms with Crippen LogP contribution in [0.1, 0.15) is 25.3 Å². The molecule has 1 aromatic heterocycles. The van der Waals surface area contributed by atoms with E-state index in [2.05, 4.69) is 4.98 Å². The highest BCUT2D eigenvalue weighted by molar-refractivity contribution is 5.62. The van der Waals surface area contributed by atoms with E-state index in [1.165, 1.54) is 28.6 Å². The molecule has 0 bridgehead atoms. The molecule has 0 radical (unpaired) electrons. The third kappa shape index (κ3) is 3.47. The number of benzene rings is 1. The Kier molecular flexibility index (Phi) is 5.38. The van der Waals surface area contributed by atoms with Crippen LogP contribution in [0.5, 0.6) is 0 Å². The topological polar surface area (TPSA) is 84.1 Å². The van der Waals surface area contributed by atoms with Crippen molar-refractivity contribution in [1.82, 2.24) is 9.55 Å². The number of hydrogen-bond donors (Lipinski definition) is 2. The molecule has 0 saturated carbocycles. The van der Waals surface area contributed by atoms with Crippen molar-refractivity contribution in [1.29, 1.82) is 0 Å². The van der Waals surface area contributed by atoms with Crippen molar-refractivity contribution >= 4 is 11.5 Å². The van der Waals surface area contributed by atoms with Gasteiger partial charge in [-0.2, -0.15) is 0 Å². The van der Waals surface area contributed by atoms with Crippen LogP contribution in [-0.4, -0.2) is 16.6 Å². The minimum Gasteiger partial charge on any atom is -0.383 e. The molecule has 0 saturated heterocycles. The van der Waals surface area contributed by atoms with E-state index in [9.17, 15) is 18.4 Å². The molecular weight excluding hydrogens is 318 g/mol. The lowest BCUT2D eigenvalue weighted by Gasteiger charge is -2.22. The number of nitrogens with one attached hydrogen (secondary N) is 1. The van der Waals surface area contributed by atoms with Crippen molar-refractivity contribution in [3.63, 3.8) is 0 Å². The number of nitrogens with two attached hydrogens (primary N) is 1. The number of nitrogen functional groups attached to an aromatic ring is 1. The van der Waals surface area contributed by atoms with Gasteiger partial charge in [0.2, 0.25) is 0 Å². The Morgan fingerprint density at radius 1 is 1.29 bits per heavy atom. The van der Waals surface area contributed by atoms with E-state index in [4.69, 9.17) is 5.73 Å². The number of unbranched alkanes of at least 4 members (excludes halogenated alkanes) is 1. The number of H-pyrrole nitrogens is 1. The van der Waals surface area contributed by atoms with Gasteiger partial charge in [-0.3, -0.25) is 14.3 Å². The smallest absolute Gasteiger partial charge is 0.330 e. The zero-order valence-electron chi connectivity index (χ0n) is 13.6. The molecule has 130 valence electrons. The summed E-state index contributed by atoms with van der Waals surface area (Å²) < 4.78 is 28.4. The van der Waals surface area contributed by atoms with Crippen LogP contribution in [0.15, 0.2) is 27.8 Å². The van der Waals surface area contributed by atoms with Crippen LogP contribution in [-0.2, 0) is 13.1 Å². The first-order chi connectivity index (χ1) is 11.4. The molecule has 0 aliphatic rings. The van der Waals surface area contributed by atoms with Crippen LogP contribution < -0.4 is 21.9 Å². The quantitative estimate of drug-likeness (QED) is 0.842. The van der Waals surface area contributed by atoms with E-state index in [-0.39, 0.29) is 23.6 Å². The summed E-state index contributed by atoms with van der Waals surface area (Å²) in [5, 5.41) is 0. The van der Waals surface area contributed by atoms with Gasteiger partial charge in [-0.25, -0.2) is 13.6 Å². The van der Waals surface area contributed by atoms with Crippen molar-refractivity contribution in [3.8, 4) is 0 Å². The molecule has 2 aromatic rings. The van der Waals surface area contributed by atoms with E-state index in [1.54, 1.807) is 0 Å². The Labute approximate surface area is 137 Å². The number of nitrogens with zero attached hydrogens (tertiary/aromatic N) is 2. The molecule has 0 aliphatic carbocycles. The van der Waals surface area contributed by atoms with Crippen molar-refractivity contribution in [2.75, 3.05) is 17.7 Å². The van der Waals surface area contributed by atoms with Crippen LogP contribution in [0.4, 0.5) is 20.3 Å². The van der Waals surface area contributed by atoms with Crippen molar-refractivity contribution in [2.24, 2.45) is 0 Å². The zero-order chi connectivity index (χ0) is 17.9. The van der Waals surface area contributed by atoms with Crippen LogP contribution in [0.25, 0.3) is 0 Å². The van der Waals surface area contributed by atoms with Crippen LogP contribution in [0, 0.1) is 11.6 Å². The molecule has 24 heavy (non-hydrogen) atoms. The summed E-state index contributed by atoms with van der Waals surface area (Å²) in [7, 11) is 1.53. The van der Waals surface area contributed by atoms with E-state index < -0.39 is 22.9 Å². The van der Waals surface area contributed by atoms with Gasteiger partial charge in [-0.05, 0) is 12.5 Å². The Balaban J connectivity index is 2.42. The monoisotopic (exact) mass is 338 g/mol. The molecule has 6 nitrogen and oxygen atoms in total. The van der Waals surface area contributed by atoms with Crippen molar-refractivity contribution in [3.05, 3.63) is 56.2 Å². The maximum atomic E-state index is 13.8. The van der Waals surface area contributed by atoms with Gasteiger partial charge < -0.3 is 10.6 Å². The SMILES string of the molecule is CCCCn1c(N)c(N(C)Cc2cccc(F)c2F)c(=O)[nH]c1=O. The Hall–Kier alpha value is -2.64. The highest BCUT2D eigenvalue weighted by Gasteiger charge is 2.18. The van der Waals surface area contributed by atoms with Crippen molar-refractivity contribution < 1.29 is 8.78 Å². The van der Waals surface area contributed by atoms with Gasteiger partial charge in [0, 0.05) is 25.7 Å². The van der Waals surface area contributed by atoms with Crippen LogP contribution in [0.3, 0.4) is 0 Å². The molecule has 0 unspecified atom stereocenters. The summed E-state index contributed by atoms with van der Waals surface area (Å²) in [5.41, 5.74) is 4.87. The second-order valence-electron chi connectivity index (χ2n) is 5.57. The molecule has 2 rings (SSSR count). The number of rotatable bonds is 6. The zero-order valence-corrected chi connectivity index (χ0v) is 13.6. The average molecular weight is 338 g/mol. The molecule has 1 heterocycles. The van der Waals surface area contributed by atoms with Gasteiger partial charge in [0.05, 0.1) is 0 Å². The van der Waals surface area contributed by atoms with Gasteiger partial charge in [-0.15, -0.1) is 0 Å². The first-order valence-electron chi connectivity index (χ1n) is 7.63. The summed E-state index contributed by atoms with van der Waals surface area (Å²) in [6.45, 7) is 2.27. The first-order valence-corrected chi connectivity index (χ1v) is 7.63. The Morgan fingerprint density at radius 3 is 2.67 bits per heavy atom. The van der Waals surface area contributed by atoms with Gasteiger partial charge in [0.25, 0.3) is 5.56 Å². The van der Waals surface area contributed by atoms with E-state index in [0.29, 0.717) is 6.54 Å². The number of aromatic nitrogens is 2. The Bertz CT molecular complexity index is 845. The molecule has 0 aliphatic heterocycles. The predicted molar refractivity (Wildman–Crippen MR) is 89.1 cm³/mol. The summed E-state index contributed by atoms with van der Waals surface area (Å²) in [4.78, 5) is 27.6. The molecule has 0 fully saturated rings. The minimum absolute atomic E-state index is 0.0107. The summed E-state index contributed by atoms with van der Waals surface area (Å²) in [5.74, 6) is -1.93. The lowest BCUT2D eigenvalue weighted by atomic mass is 10.2. The fourth-order valence-corrected chi connectivity index (χ4v) is 2.49. The second kappa shape index (κ2) is 7.29. The predicted octanol–water partition coefficient (Wildman–Crippen LogP) is 1.83. The van der Waals surface area contributed by atoms with E-state index in [1.807, 2.05) is 6.92 Å². The number of aromatic amines is 1. The molecule has 0 amide bonds. The summed E-state index contributed by atoms with van der Waals surface area (Å²) >= 11 is 0. The first kappa shape index (κ1) is 17.7. The third-order valence-electron chi connectivity index (χ3n) is 3.77. The summed E-state index contributed by atoms with van der Waals surface area (Å²) in [6, 6.07) is 3.83. The minimum atomic E-state index is -0.973. The molecular formula is C16H20F2N4O2. The van der Waals surface area contributed by atoms with Crippen molar-refractivity contribution in [2.45, 2.75) is 32.9 Å². The standard InChI is InChI=1S/C16H20F2N4O2/c1-3-4-8-22-14(19)13(15(23)20-16(22)24)21(2)9-10-6-5-7-11(17)12(10)18/h5-7H,3-4,8-9,19H2,1-2H3,(H,20,23,24). The normalized spacial score (nSPS) is 10.8. The average Bonchev–Trinajstić information content (AvgIpc) is 2.51. The lowest BCUT2D eigenvalue weighted by molar-refractivity contribution is 0.498. The molecule has 8 heteroatoms.